The van der Waals surface area contributed by atoms with Crippen LogP contribution in [0.4, 0.5) is 0 Å². The lowest BCUT2D eigenvalue weighted by atomic mass is 9.72. The Morgan fingerprint density at radius 3 is 2.18 bits per heavy atom. The standard InChI is InChI=1S/C13H21NO3/c1-8-5-6-14(7-9(8)2)12(15)10-3-4-11(10)13(16)17/h8-11H,3-7H2,1-2H3,(H,16,17). The van der Waals surface area contributed by atoms with E-state index < -0.39 is 11.9 Å². The molecule has 96 valence electrons. The number of carbonyl (C=O) groups excluding carboxylic acids is 1. The normalized spacial score (nSPS) is 37.4. The Morgan fingerprint density at radius 1 is 1.06 bits per heavy atom. The van der Waals surface area contributed by atoms with Crippen molar-refractivity contribution in [2.75, 3.05) is 13.1 Å². The number of likely N-dealkylation sites (tertiary alicyclic amines) is 1. The first-order chi connectivity index (χ1) is 8.00. The molecule has 2 aliphatic rings. The molecule has 1 saturated heterocycles. The number of aliphatic carboxylic acids is 1. The highest BCUT2D eigenvalue weighted by molar-refractivity contribution is 5.86. The van der Waals surface area contributed by atoms with Gasteiger partial charge in [0, 0.05) is 13.1 Å². The maximum Gasteiger partial charge on any atom is 0.307 e. The van der Waals surface area contributed by atoms with Gasteiger partial charge in [-0.3, -0.25) is 9.59 Å². The summed E-state index contributed by atoms with van der Waals surface area (Å²) in [6.45, 7) is 5.98. The SMILES string of the molecule is CC1CCN(C(=O)C2CCC2C(=O)O)CC1C. The van der Waals surface area contributed by atoms with Gasteiger partial charge >= 0.3 is 5.97 Å². The van der Waals surface area contributed by atoms with Gasteiger partial charge in [-0.1, -0.05) is 13.8 Å². The molecule has 1 N–H and O–H groups in total. The largest absolute Gasteiger partial charge is 0.481 e. The first-order valence-electron chi connectivity index (χ1n) is 6.52. The number of nitrogens with zero attached hydrogens (tertiary/aromatic N) is 1. The van der Waals surface area contributed by atoms with Gasteiger partial charge in [0.15, 0.2) is 0 Å². The number of carbonyl (C=O) groups is 2. The smallest absolute Gasteiger partial charge is 0.307 e. The fourth-order valence-electron chi connectivity index (χ4n) is 2.79. The van der Waals surface area contributed by atoms with Crippen molar-refractivity contribution in [2.45, 2.75) is 33.1 Å². The Balaban J connectivity index is 1.94. The molecule has 2 fully saturated rings. The molecule has 1 saturated carbocycles. The molecule has 0 radical (unpaired) electrons. The van der Waals surface area contributed by atoms with E-state index in [0.717, 1.165) is 25.9 Å². The summed E-state index contributed by atoms with van der Waals surface area (Å²) in [5.41, 5.74) is 0. The highest BCUT2D eigenvalue weighted by Crippen LogP contribution is 2.37. The number of hydrogen-bond donors (Lipinski definition) is 1. The number of amides is 1. The maximum absolute atomic E-state index is 12.2. The Morgan fingerprint density at radius 2 is 1.71 bits per heavy atom. The van der Waals surface area contributed by atoms with E-state index in [9.17, 15) is 9.59 Å². The quantitative estimate of drug-likeness (QED) is 0.796. The minimum absolute atomic E-state index is 0.0717. The molecule has 0 spiro atoms. The van der Waals surface area contributed by atoms with Gasteiger partial charge in [0.05, 0.1) is 11.8 Å². The van der Waals surface area contributed by atoms with Crippen molar-refractivity contribution in [3.63, 3.8) is 0 Å². The van der Waals surface area contributed by atoms with E-state index in [1.807, 2.05) is 4.90 Å². The van der Waals surface area contributed by atoms with Crippen molar-refractivity contribution in [3.8, 4) is 0 Å². The molecule has 4 nitrogen and oxygen atoms in total. The molecule has 1 amide bonds. The van der Waals surface area contributed by atoms with E-state index in [4.69, 9.17) is 5.11 Å². The van der Waals surface area contributed by atoms with Crippen LogP contribution >= 0.6 is 0 Å². The average molecular weight is 239 g/mol. The average Bonchev–Trinajstić information content (AvgIpc) is 2.19. The van der Waals surface area contributed by atoms with Gasteiger partial charge in [-0.25, -0.2) is 0 Å². The molecule has 17 heavy (non-hydrogen) atoms. The van der Waals surface area contributed by atoms with Gasteiger partial charge in [-0.05, 0) is 31.1 Å². The monoisotopic (exact) mass is 239 g/mol. The fraction of sp³-hybridized carbons (Fsp3) is 0.846. The van der Waals surface area contributed by atoms with Crippen LogP contribution in [0.15, 0.2) is 0 Å². The lowest BCUT2D eigenvalue weighted by Crippen LogP contribution is -2.50. The third-order valence-electron chi connectivity index (χ3n) is 4.55. The zero-order valence-corrected chi connectivity index (χ0v) is 10.6. The lowest BCUT2D eigenvalue weighted by molar-refractivity contribution is -0.157. The van der Waals surface area contributed by atoms with Gasteiger partial charge in [-0.2, -0.15) is 0 Å². The van der Waals surface area contributed by atoms with Crippen molar-refractivity contribution in [1.29, 1.82) is 0 Å². The van der Waals surface area contributed by atoms with Crippen molar-refractivity contribution < 1.29 is 14.7 Å². The van der Waals surface area contributed by atoms with E-state index in [-0.39, 0.29) is 11.8 Å². The predicted octanol–water partition coefficient (Wildman–Crippen LogP) is 1.60. The van der Waals surface area contributed by atoms with Gasteiger partial charge in [-0.15, -0.1) is 0 Å². The summed E-state index contributed by atoms with van der Waals surface area (Å²) < 4.78 is 0. The number of piperidine rings is 1. The summed E-state index contributed by atoms with van der Waals surface area (Å²) in [6.07, 6.45) is 2.44. The highest BCUT2D eigenvalue weighted by atomic mass is 16.4. The molecule has 0 bridgehead atoms. The van der Waals surface area contributed by atoms with Crippen LogP contribution in [0, 0.1) is 23.7 Å². The Hall–Kier alpha value is -1.06. The molecule has 0 aromatic heterocycles. The highest BCUT2D eigenvalue weighted by Gasteiger charge is 2.43. The molecule has 4 atom stereocenters. The molecule has 1 aliphatic heterocycles. The van der Waals surface area contributed by atoms with E-state index in [0.29, 0.717) is 18.3 Å². The van der Waals surface area contributed by atoms with Crippen LogP contribution in [-0.4, -0.2) is 35.0 Å². The minimum atomic E-state index is -0.812. The fourth-order valence-corrected chi connectivity index (χ4v) is 2.79. The first kappa shape index (κ1) is 12.4. The molecule has 0 aromatic carbocycles. The summed E-state index contributed by atoms with van der Waals surface area (Å²) >= 11 is 0. The summed E-state index contributed by atoms with van der Waals surface area (Å²) in [5, 5.41) is 8.97. The van der Waals surface area contributed by atoms with Crippen LogP contribution < -0.4 is 0 Å². The van der Waals surface area contributed by atoms with Crippen LogP contribution in [0.3, 0.4) is 0 Å². The van der Waals surface area contributed by atoms with Crippen molar-refractivity contribution in [2.24, 2.45) is 23.7 Å². The Bertz CT molecular complexity index is 329. The van der Waals surface area contributed by atoms with Crippen molar-refractivity contribution in [1.82, 2.24) is 4.90 Å². The lowest BCUT2D eigenvalue weighted by Gasteiger charge is -2.41. The zero-order chi connectivity index (χ0) is 12.6. The van der Waals surface area contributed by atoms with Gasteiger partial charge in [0.25, 0.3) is 0 Å². The summed E-state index contributed by atoms with van der Waals surface area (Å²) in [4.78, 5) is 25.0. The summed E-state index contributed by atoms with van der Waals surface area (Å²) in [7, 11) is 0. The maximum atomic E-state index is 12.2. The summed E-state index contributed by atoms with van der Waals surface area (Å²) in [5.74, 6) is -0.243. The molecule has 1 aliphatic carbocycles. The molecule has 2 rings (SSSR count). The number of hydrogen-bond acceptors (Lipinski definition) is 2. The number of rotatable bonds is 2. The molecule has 4 unspecified atom stereocenters. The van der Waals surface area contributed by atoms with Crippen LogP contribution in [-0.2, 0) is 9.59 Å². The molecule has 1 heterocycles. The predicted molar refractivity (Wildman–Crippen MR) is 63.4 cm³/mol. The van der Waals surface area contributed by atoms with Gasteiger partial charge in [0.1, 0.15) is 0 Å². The van der Waals surface area contributed by atoms with E-state index in [1.54, 1.807) is 0 Å². The van der Waals surface area contributed by atoms with Crippen LogP contribution in [0.1, 0.15) is 33.1 Å². The zero-order valence-electron chi connectivity index (χ0n) is 10.6. The van der Waals surface area contributed by atoms with Gasteiger partial charge in [0.2, 0.25) is 5.91 Å². The number of carboxylic acid groups (broad SMARTS) is 1. The molecule has 4 heteroatoms. The molecular weight excluding hydrogens is 218 g/mol. The Kier molecular flexibility index (Phi) is 3.40. The van der Waals surface area contributed by atoms with Crippen LogP contribution in [0.5, 0.6) is 0 Å². The minimum Gasteiger partial charge on any atom is -0.481 e. The van der Waals surface area contributed by atoms with E-state index in [2.05, 4.69) is 13.8 Å². The second kappa shape index (κ2) is 4.67. The van der Waals surface area contributed by atoms with Crippen LogP contribution in [0.25, 0.3) is 0 Å². The third-order valence-corrected chi connectivity index (χ3v) is 4.55. The second-order valence-corrected chi connectivity index (χ2v) is 5.66. The Labute approximate surface area is 102 Å². The van der Waals surface area contributed by atoms with Gasteiger partial charge < -0.3 is 10.0 Å². The van der Waals surface area contributed by atoms with E-state index in [1.165, 1.54) is 0 Å². The first-order valence-corrected chi connectivity index (χ1v) is 6.52. The third kappa shape index (κ3) is 2.31. The van der Waals surface area contributed by atoms with Crippen molar-refractivity contribution >= 4 is 11.9 Å². The van der Waals surface area contributed by atoms with E-state index >= 15 is 0 Å². The number of carboxylic acids is 1. The summed E-state index contributed by atoms with van der Waals surface area (Å²) in [6, 6.07) is 0. The molecule has 0 aromatic rings. The second-order valence-electron chi connectivity index (χ2n) is 5.66. The van der Waals surface area contributed by atoms with Crippen LogP contribution in [0.2, 0.25) is 0 Å². The topological polar surface area (TPSA) is 57.6 Å². The molecular formula is C13H21NO3. The van der Waals surface area contributed by atoms with Crippen molar-refractivity contribution in [3.05, 3.63) is 0 Å².